The van der Waals surface area contributed by atoms with E-state index in [4.69, 9.17) is 21.1 Å². The average Bonchev–Trinajstić information content (AvgIpc) is 2.59. The summed E-state index contributed by atoms with van der Waals surface area (Å²) in [5, 5.41) is 32.8. The van der Waals surface area contributed by atoms with Crippen LogP contribution in [0.4, 0.5) is 0 Å². The van der Waals surface area contributed by atoms with Crippen LogP contribution in [0.3, 0.4) is 0 Å². The van der Waals surface area contributed by atoms with Crippen molar-refractivity contribution in [2.24, 2.45) is 5.73 Å². The van der Waals surface area contributed by atoms with Crippen LogP contribution < -0.4 is 21.7 Å². The monoisotopic (exact) mass is 394 g/mol. The summed E-state index contributed by atoms with van der Waals surface area (Å²) >= 11 is 3.77. The first-order valence-corrected chi connectivity index (χ1v) is 8.04. The Morgan fingerprint density at radius 1 is 1.00 bits per heavy atom. The molecule has 0 spiro atoms. The number of aliphatic carboxylic acids is 2. The van der Waals surface area contributed by atoms with Crippen LogP contribution in [0.25, 0.3) is 0 Å². The van der Waals surface area contributed by atoms with E-state index >= 15 is 0 Å². The molecule has 0 radical (unpaired) electrons. The number of amides is 3. The Labute approximate surface area is 153 Å². The summed E-state index contributed by atoms with van der Waals surface area (Å²) in [7, 11) is 0. The Morgan fingerprint density at radius 3 is 2.08 bits per heavy atom. The maximum atomic E-state index is 12.1. The molecule has 0 aliphatic heterocycles. The topological polar surface area (TPSA) is 208 Å². The van der Waals surface area contributed by atoms with Crippen molar-refractivity contribution in [3.8, 4) is 0 Å². The van der Waals surface area contributed by atoms with Crippen molar-refractivity contribution in [2.75, 3.05) is 18.9 Å². The molecule has 0 saturated heterocycles. The van der Waals surface area contributed by atoms with Gasteiger partial charge in [-0.25, -0.2) is 4.79 Å². The zero-order valence-corrected chi connectivity index (χ0v) is 14.6. The third-order valence-corrected chi connectivity index (χ3v) is 3.42. The maximum absolute atomic E-state index is 12.1. The number of hydrogen-bond donors (Lipinski definition) is 8. The highest BCUT2D eigenvalue weighted by atomic mass is 32.1. The molecule has 13 heteroatoms. The molecule has 0 aliphatic rings. The number of carboxylic acid groups (broad SMARTS) is 2. The van der Waals surface area contributed by atoms with E-state index in [-0.39, 0.29) is 12.2 Å². The van der Waals surface area contributed by atoms with Crippen LogP contribution >= 0.6 is 12.6 Å². The number of aliphatic hydroxyl groups excluding tert-OH is 1. The summed E-state index contributed by atoms with van der Waals surface area (Å²) in [6.45, 7) is -1.27. The van der Waals surface area contributed by atoms with E-state index in [9.17, 15) is 24.0 Å². The third-order valence-electron chi connectivity index (χ3n) is 3.05. The molecule has 3 unspecified atom stereocenters. The van der Waals surface area contributed by atoms with Crippen molar-refractivity contribution < 1.29 is 39.3 Å². The Morgan fingerprint density at radius 2 is 1.62 bits per heavy atom. The van der Waals surface area contributed by atoms with Gasteiger partial charge in [0, 0.05) is 12.2 Å². The van der Waals surface area contributed by atoms with Crippen LogP contribution in [-0.2, 0) is 24.0 Å². The zero-order chi connectivity index (χ0) is 20.3. The number of thiol groups is 1. The highest BCUT2D eigenvalue weighted by Crippen LogP contribution is 1.99. The minimum Gasteiger partial charge on any atom is -0.481 e. The first-order valence-electron chi connectivity index (χ1n) is 7.41. The van der Waals surface area contributed by atoms with Crippen LogP contribution in [-0.4, -0.2) is 82.0 Å². The van der Waals surface area contributed by atoms with Crippen LogP contribution in [0, 0.1) is 0 Å². The maximum Gasteiger partial charge on any atom is 0.327 e. The van der Waals surface area contributed by atoms with Crippen molar-refractivity contribution in [3.05, 3.63) is 0 Å². The molecular weight excluding hydrogens is 372 g/mol. The van der Waals surface area contributed by atoms with Gasteiger partial charge in [0.15, 0.2) is 0 Å². The Hall–Kier alpha value is -2.38. The molecule has 26 heavy (non-hydrogen) atoms. The molecule has 0 bridgehead atoms. The molecule has 0 rings (SSSR count). The van der Waals surface area contributed by atoms with Gasteiger partial charge in [-0.2, -0.15) is 12.6 Å². The summed E-state index contributed by atoms with van der Waals surface area (Å²) in [5.41, 5.74) is 5.30. The second-order valence-electron chi connectivity index (χ2n) is 5.14. The third kappa shape index (κ3) is 9.19. The van der Waals surface area contributed by atoms with Crippen molar-refractivity contribution in [1.82, 2.24) is 16.0 Å². The van der Waals surface area contributed by atoms with E-state index in [0.29, 0.717) is 0 Å². The van der Waals surface area contributed by atoms with Gasteiger partial charge in [0.25, 0.3) is 0 Å². The van der Waals surface area contributed by atoms with Gasteiger partial charge in [-0.05, 0) is 6.42 Å². The molecule has 0 aliphatic carbocycles. The van der Waals surface area contributed by atoms with Crippen LogP contribution in [0.15, 0.2) is 0 Å². The number of aliphatic hydroxyl groups is 1. The molecule has 3 atom stereocenters. The number of carbonyl (C=O) groups excluding carboxylic acids is 3. The van der Waals surface area contributed by atoms with Crippen LogP contribution in [0.2, 0.25) is 0 Å². The Balaban J connectivity index is 4.74. The van der Waals surface area contributed by atoms with Gasteiger partial charge in [0.05, 0.1) is 13.2 Å². The van der Waals surface area contributed by atoms with Gasteiger partial charge in [-0.3, -0.25) is 19.2 Å². The Kier molecular flexibility index (Phi) is 10.9. The lowest BCUT2D eigenvalue weighted by Gasteiger charge is -2.19. The van der Waals surface area contributed by atoms with Crippen molar-refractivity contribution in [1.29, 1.82) is 0 Å². The number of nitrogens with two attached hydrogens (primary N) is 1. The second-order valence-corrected chi connectivity index (χ2v) is 5.51. The van der Waals surface area contributed by atoms with E-state index in [2.05, 4.69) is 28.6 Å². The molecule has 8 N–H and O–H groups in total. The predicted molar refractivity (Wildman–Crippen MR) is 90.3 cm³/mol. The fourth-order valence-corrected chi connectivity index (χ4v) is 1.87. The SMILES string of the molecule is NC(CO)C(=O)NC(CCC(=O)O)C(=O)NCC(=O)NC(CS)C(=O)O. The summed E-state index contributed by atoms with van der Waals surface area (Å²) in [5.74, 6) is -5.22. The van der Waals surface area contributed by atoms with Gasteiger partial charge >= 0.3 is 11.9 Å². The summed E-state index contributed by atoms with van der Waals surface area (Å²) in [6.07, 6.45) is -0.721. The van der Waals surface area contributed by atoms with E-state index in [1.54, 1.807) is 0 Å². The second kappa shape index (κ2) is 12.1. The highest BCUT2D eigenvalue weighted by Gasteiger charge is 2.25. The lowest BCUT2D eigenvalue weighted by atomic mass is 10.1. The van der Waals surface area contributed by atoms with E-state index < -0.39 is 67.4 Å². The van der Waals surface area contributed by atoms with Gasteiger partial charge in [0.2, 0.25) is 17.7 Å². The van der Waals surface area contributed by atoms with Gasteiger partial charge in [-0.1, -0.05) is 0 Å². The van der Waals surface area contributed by atoms with E-state index in [1.165, 1.54) is 0 Å². The quantitative estimate of drug-likeness (QED) is 0.153. The number of carbonyl (C=O) groups is 5. The molecule has 0 aromatic rings. The smallest absolute Gasteiger partial charge is 0.327 e. The average molecular weight is 394 g/mol. The minimum atomic E-state index is -1.30. The molecule has 0 heterocycles. The highest BCUT2D eigenvalue weighted by molar-refractivity contribution is 7.80. The molecule has 12 nitrogen and oxygen atoms in total. The first kappa shape index (κ1) is 23.6. The lowest BCUT2D eigenvalue weighted by molar-refractivity contribution is -0.141. The molecule has 3 amide bonds. The van der Waals surface area contributed by atoms with Crippen molar-refractivity contribution in [3.63, 3.8) is 0 Å². The number of rotatable bonds is 12. The standard InChI is InChI=1S/C13H22N4O8S/c14-6(4-18)11(22)17-7(1-2-10(20)21)12(23)15-3-9(19)16-8(5-26)13(24)25/h6-8,18,26H,1-5,14H2,(H,15,23)(H,16,19)(H,17,22)(H,20,21)(H,24,25). The van der Waals surface area contributed by atoms with E-state index in [0.717, 1.165) is 0 Å². The van der Waals surface area contributed by atoms with Crippen molar-refractivity contribution in [2.45, 2.75) is 31.0 Å². The number of hydrogen-bond acceptors (Lipinski definition) is 8. The summed E-state index contributed by atoms with van der Waals surface area (Å²) in [6, 6.07) is -3.85. The number of carboxylic acids is 2. The summed E-state index contributed by atoms with van der Waals surface area (Å²) < 4.78 is 0. The lowest BCUT2D eigenvalue weighted by Crippen LogP contribution is -2.54. The first-order chi connectivity index (χ1) is 12.1. The number of nitrogens with one attached hydrogen (secondary N) is 3. The normalized spacial score (nSPS) is 13.8. The molecule has 0 aromatic carbocycles. The molecule has 0 saturated carbocycles. The largest absolute Gasteiger partial charge is 0.481 e. The fraction of sp³-hybridized carbons (Fsp3) is 0.615. The van der Waals surface area contributed by atoms with Gasteiger partial charge < -0.3 is 37.0 Å². The molecular formula is C13H22N4O8S. The summed E-state index contributed by atoms with van der Waals surface area (Å²) in [4.78, 5) is 56.8. The van der Waals surface area contributed by atoms with Crippen LogP contribution in [0.1, 0.15) is 12.8 Å². The van der Waals surface area contributed by atoms with Crippen LogP contribution in [0.5, 0.6) is 0 Å². The minimum absolute atomic E-state index is 0.161. The molecule has 0 fully saturated rings. The van der Waals surface area contributed by atoms with Gasteiger partial charge in [-0.15, -0.1) is 0 Å². The molecule has 148 valence electrons. The molecule has 0 aromatic heterocycles. The zero-order valence-electron chi connectivity index (χ0n) is 13.7. The fourth-order valence-electron chi connectivity index (χ4n) is 1.62. The van der Waals surface area contributed by atoms with E-state index in [1.807, 2.05) is 0 Å². The van der Waals surface area contributed by atoms with Gasteiger partial charge in [0.1, 0.15) is 18.1 Å². The van der Waals surface area contributed by atoms with Crippen molar-refractivity contribution >= 4 is 42.3 Å². The predicted octanol–water partition coefficient (Wildman–Crippen LogP) is -3.73. The Bertz CT molecular complexity index is 544.